The van der Waals surface area contributed by atoms with Crippen molar-refractivity contribution in [1.82, 2.24) is 5.32 Å². The molecule has 1 aliphatic rings. The number of aromatic amines is 1. The number of H-pyrrole nitrogens is 1. The summed E-state index contributed by atoms with van der Waals surface area (Å²) in [6.45, 7) is -3.23. The molecule has 2 amide bonds. The molecule has 0 spiro atoms. The Kier molecular flexibility index (Phi) is 9.95. The maximum atomic E-state index is 13.0. The van der Waals surface area contributed by atoms with Crippen LogP contribution in [0, 0.1) is 5.92 Å². The second-order valence-corrected chi connectivity index (χ2v) is 10.1. The summed E-state index contributed by atoms with van der Waals surface area (Å²) in [6, 6.07) is 9.81. The number of nitrogens with one attached hydrogen (secondary N) is 2. The monoisotopic (exact) mass is 608 g/mol. The standard InChI is InChI=1S/C28H25Cl2F2N3O6/c29-20-11-34-12-21(30)19(20)10-23(18-7-8-22(41-28(31)32)24(9-18)39-14-15-1-2-15)40-25(36)13-35-27(38)17-5-3-16(4-6-17)26(33)37/h3-9,11-12,15,23,28H,1-2,10,13-14H2,(H2,33,37)(H,35,38)/p+1/t23-/m0/s1. The van der Waals surface area contributed by atoms with Crippen molar-refractivity contribution in [3.63, 3.8) is 0 Å². The molecule has 1 aromatic heterocycles. The summed E-state index contributed by atoms with van der Waals surface area (Å²) in [5.41, 5.74) is 6.51. The summed E-state index contributed by atoms with van der Waals surface area (Å²) in [7, 11) is 0. The fourth-order valence-electron chi connectivity index (χ4n) is 3.85. The first kappa shape index (κ1) is 30.0. The summed E-state index contributed by atoms with van der Waals surface area (Å²) >= 11 is 12.7. The predicted octanol–water partition coefficient (Wildman–Crippen LogP) is 4.55. The average Bonchev–Trinajstić information content (AvgIpc) is 3.77. The van der Waals surface area contributed by atoms with Crippen LogP contribution in [0.25, 0.3) is 0 Å². The minimum atomic E-state index is -3.06. The fraction of sp³-hybridized carbons (Fsp3) is 0.286. The van der Waals surface area contributed by atoms with Crippen molar-refractivity contribution in [2.24, 2.45) is 11.7 Å². The lowest BCUT2D eigenvalue weighted by atomic mass is 10.0. The molecule has 0 saturated heterocycles. The lowest BCUT2D eigenvalue weighted by Gasteiger charge is -2.21. The highest BCUT2D eigenvalue weighted by Crippen LogP contribution is 2.37. The number of pyridine rings is 1. The van der Waals surface area contributed by atoms with E-state index in [1.54, 1.807) is 0 Å². The third kappa shape index (κ3) is 8.51. The van der Waals surface area contributed by atoms with Crippen LogP contribution in [0.15, 0.2) is 54.9 Å². The van der Waals surface area contributed by atoms with Crippen LogP contribution in [0.3, 0.4) is 0 Å². The van der Waals surface area contributed by atoms with Gasteiger partial charge < -0.3 is 25.3 Å². The number of rotatable bonds is 13. The molecule has 3 aromatic rings. The number of carbonyl (C=O) groups excluding carboxylic acids is 3. The minimum absolute atomic E-state index is 0.0255. The number of carbonyl (C=O) groups is 3. The first-order valence-corrected chi connectivity index (χ1v) is 13.3. The van der Waals surface area contributed by atoms with Crippen LogP contribution in [-0.4, -0.2) is 37.5 Å². The van der Waals surface area contributed by atoms with Gasteiger partial charge in [-0.05, 0) is 60.7 Å². The highest BCUT2D eigenvalue weighted by atomic mass is 35.5. The molecule has 0 unspecified atom stereocenters. The van der Waals surface area contributed by atoms with Gasteiger partial charge in [-0.15, -0.1) is 0 Å². The summed E-state index contributed by atoms with van der Waals surface area (Å²) < 4.78 is 42.1. The van der Waals surface area contributed by atoms with Crippen LogP contribution in [-0.2, 0) is 16.0 Å². The van der Waals surface area contributed by atoms with Crippen molar-refractivity contribution in [1.29, 1.82) is 0 Å². The van der Waals surface area contributed by atoms with Crippen LogP contribution in [0.1, 0.15) is 50.8 Å². The predicted molar refractivity (Wildman–Crippen MR) is 144 cm³/mol. The zero-order valence-corrected chi connectivity index (χ0v) is 23.0. The third-order valence-corrected chi connectivity index (χ3v) is 6.89. The van der Waals surface area contributed by atoms with Gasteiger partial charge in [0.2, 0.25) is 5.91 Å². The fourth-order valence-corrected chi connectivity index (χ4v) is 4.38. The number of hydrogen-bond donors (Lipinski definition) is 2. The normalized spacial score (nSPS) is 13.4. The Bertz CT molecular complexity index is 1400. The molecule has 2 aromatic carbocycles. The molecule has 0 aliphatic heterocycles. The van der Waals surface area contributed by atoms with Gasteiger partial charge in [-0.3, -0.25) is 14.4 Å². The smallest absolute Gasteiger partial charge is 0.387 e. The van der Waals surface area contributed by atoms with Gasteiger partial charge in [0.15, 0.2) is 23.9 Å². The third-order valence-electron chi connectivity index (χ3n) is 6.21. The molecule has 4 rings (SSSR count). The Hall–Kier alpha value is -3.96. The van der Waals surface area contributed by atoms with Crippen LogP contribution in [0.4, 0.5) is 8.78 Å². The molecule has 1 fully saturated rings. The molecular formula is C28H26Cl2F2N3O6+. The molecule has 0 bridgehead atoms. The van der Waals surface area contributed by atoms with E-state index in [0.29, 0.717) is 23.7 Å². The van der Waals surface area contributed by atoms with Gasteiger partial charge in [0, 0.05) is 23.1 Å². The molecule has 1 heterocycles. The van der Waals surface area contributed by atoms with Crippen molar-refractivity contribution in [2.45, 2.75) is 32.0 Å². The zero-order valence-electron chi connectivity index (χ0n) is 21.5. The van der Waals surface area contributed by atoms with Gasteiger partial charge in [0.05, 0.1) is 6.61 Å². The second-order valence-electron chi connectivity index (χ2n) is 9.28. The number of primary amides is 1. The van der Waals surface area contributed by atoms with E-state index in [-0.39, 0.29) is 39.1 Å². The number of aromatic nitrogens is 1. The van der Waals surface area contributed by atoms with E-state index in [1.165, 1.54) is 54.9 Å². The molecule has 41 heavy (non-hydrogen) atoms. The highest BCUT2D eigenvalue weighted by molar-refractivity contribution is 6.35. The topological polar surface area (TPSA) is 131 Å². The number of amides is 2. The Balaban J connectivity index is 1.53. The quantitative estimate of drug-likeness (QED) is 0.274. The maximum absolute atomic E-state index is 13.0. The van der Waals surface area contributed by atoms with E-state index in [9.17, 15) is 23.2 Å². The van der Waals surface area contributed by atoms with Crippen molar-refractivity contribution < 1.29 is 42.4 Å². The van der Waals surface area contributed by atoms with Gasteiger partial charge in [-0.1, -0.05) is 29.3 Å². The van der Waals surface area contributed by atoms with E-state index in [2.05, 4.69) is 15.0 Å². The summed E-state index contributed by atoms with van der Waals surface area (Å²) in [5.74, 6) is -1.77. The van der Waals surface area contributed by atoms with Crippen LogP contribution < -0.4 is 25.5 Å². The highest BCUT2D eigenvalue weighted by Gasteiger charge is 2.26. The molecule has 1 saturated carbocycles. The first-order chi connectivity index (χ1) is 19.6. The van der Waals surface area contributed by atoms with Gasteiger partial charge in [-0.2, -0.15) is 8.78 Å². The van der Waals surface area contributed by atoms with Crippen LogP contribution >= 0.6 is 23.2 Å². The Morgan fingerprint density at radius 1 is 1.00 bits per heavy atom. The molecule has 1 aliphatic carbocycles. The molecule has 0 radical (unpaired) electrons. The minimum Gasteiger partial charge on any atom is -0.489 e. The summed E-state index contributed by atoms with van der Waals surface area (Å²) in [5, 5.41) is 3.03. The number of halogens is 4. The largest absolute Gasteiger partial charge is 0.489 e. The van der Waals surface area contributed by atoms with E-state index in [1.807, 2.05) is 0 Å². The first-order valence-electron chi connectivity index (χ1n) is 12.5. The number of alkyl halides is 2. The van der Waals surface area contributed by atoms with E-state index in [0.717, 1.165) is 12.8 Å². The number of hydrogen-bond acceptors (Lipinski definition) is 6. The molecule has 216 valence electrons. The number of esters is 1. The van der Waals surface area contributed by atoms with Crippen LogP contribution in [0.5, 0.6) is 11.5 Å². The van der Waals surface area contributed by atoms with Crippen molar-refractivity contribution in [3.05, 3.63) is 87.2 Å². The van der Waals surface area contributed by atoms with Gasteiger partial charge >= 0.3 is 12.6 Å². The van der Waals surface area contributed by atoms with E-state index in [4.69, 9.17) is 38.4 Å². The van der Waals surface area contributed by atoms with Gasteiger partial charge in [-0.25, -0.2) is 4.98 Å². The SMILES string of the molecule is NC(=O)c1ccc(C(=O)NCC(=O)O[C@@H](Cc2c(Cl)c[nH+]cc2Cl)c2ccc(OC(F)F)c(OCC3CC3)c2)cc1. The molecule has 9 nitrogen and oxygen atoms in total. The summed E-state index contributed by atoms with van der Waals surface area (Å²) in [6.07, 6.45) is 4.01. The van der Waals surface area contributed by atoms with Gasteiger partial charge in [0.25, 0.3) is 5.91 Å². The molecule has 1 atom stereocenters. The Morgan fingerprint density at radius 3 is 2.27 bits per heavy atom. The lowest BCUT2D eigenvalue weighted by Crippen LogP contribution is -2.31. The van der Waals surface area contributed by atoms with E-state index < -0.39 is 37.0 Å². The maximum Gasteiger partial charge on any atom is 0.387 e. The van der Waals surface area contributed by atoms with E-state index >= 15 is 0 Å². The van der Waals surface area contributed by atoms with Crippen LogP contribution in [0.2, 0.25) is 10.0 Å². The average molecular weight is 609 g/mol. The van der Waals surface area contributed by atoms with Crippen molar-refractivity contribution in [3.8, 4) is 11.5 Å². The lowest BCUT2D eigenvalue weighted by molar-refractivity contribution is -0.377. The van der Waals surface area contributed by atoms with Crippen molar-refractivity contribution in [2.75, 3.05) is 13.2 Å². The molecular weight excluding hydrogens is 583 g/mol. The second kappa shape index (κ2) is 13.6. The Morgan fingerprint density at radius 2 is 1.66 bits per heavy atom. The molecule has 4 N–H and O–H groups in total. The number of benzene rings is 2. The number of ether oxygens (including phenoxy) is 3. The van der Waals surface area contributed by atoms with Gasteiger partial charge in [0.1, 0.15) is 22.7 Å². The summed E-state index contributed by atoms with van der Waals surface area (Å²) in [4.78, 5) is 39.4. The van der Waals surface area contributed by atoms with Crippen molar-refractivity contribution >= 4 is 41.0 Å². The zero-order chi connectivity index (χ0) is 29.5. The Labute approximate surface area is 243 Å². The molecule has 13 heteroatoms. The number of nitrogens with two attached hydrogens (primary N) is 1.